The summed E-state index contributed by atoms with van der Waals surface area (Å²) < 4.78 is 5.97. The lowest BCUT2D eigenvalue weighted by Crippen LogP contribution is -2.24. The molecule has 0 aliphatic carbocycles. The van der Waals surface area contributed by atoms with Crippen molar-refractivity contribution in [2.75, 3.05) is 7.11 Å². The van der Waals surface area contributed by atoms with E-state index in [0.29, 0.717) is 16.3 Å². The molecule has 0 radical (unpaired) electrons. The van der Waals surface area contributed by atoms with Crippen molar-refractivity contribution in [3.8, 4) is 5.69 Å². The van der Waals surface area contributed by atoms with Crippen molar-refractivity contribution in [3.05, 3.63) is 57.0 Å². The Morgan fingerprint density at radius 3 is 2.79 bits per heavy atom. The van der Waals surface area contributed by atoms with Crippen LogP contribution in [0.4, 0.5) is 0 Å². The smallest absolute Gasteiger partial charge is 0.362 e. The van der Waals surface area contributed by atoms with E-state index in [1.54, 1.807) is 37.4 Å². The van der Waals surface area contributed by atoms with Gasteiger partial charge in [0, 0.05) is 16.8 Å². The minimum Gasteiger partial charge on any atom is -0.464 e. The Balaban J connectivity index is 2.63. The fourth-order valence-electron chi connectivity index (χ4n) is 1.59. The lowest BCUT2D eigenvalue weighted by Gasteiger charge is -2.08. The number of hydrogen-bond acceptors (Lipinski definition) is 4. The first-order valence-electron chi connectivity index (χ1n) is 5.48. The third kappa shape index (κ3) is 2.66. The van der Waals surface area contributed by atoms with E-state index in [4.69, 9.17) is 11.6 Å². The van der Waals surface area contributed by atoms with Crippen molar-refractivity contribution in [2.24, 2.45) is 0 Å². The van der Waals surface area contributed by atoms with Crippen LogP contribution in [-0.2, 0) is 4.74 Å². The summed E-state index contributed by atoms with van der Waals surface area (Å²) in [4.78, 5) is 23.3. The zero-order chi connectivity index (χ0) is 14.0. The molecule has 6 heteroatoms. The van der Waals surface area contributed by atoms with Crippen LogP contribution in [0.2, 0.25) is 5.02 Å². The zero-order valence-electron chi connectivity index (χ0n) is 10.4. The fourth-order valence-corrected chi connectivity index (χ4v) is 1.78. The Bertz CT molecular complexity index is 695. The third-order valence-electron chi connectivity index (χ3n) is 2.55. The topological polar surface area (TPSA) is 61.2 Å². The number of nitrogens with zero attached hydrogens (tertiary/aromatic N) is 2. The first kappa shape index (κ1) is 13.3. The van der Waals surface area contributed by atoms with Gasteiger partial charge in [0.2, 0.25) is 11.1 Å². The molecule has 2 aromatic rings. The zero-order valence-corrected chi connectivity index (χ0v) is 11.1. The molecule has 0 unspecified atom stereocenters. The first-order chi connectivity index (χ1) is 9.02. The van der Waals surface area contributed by atoms with Crippen LogP contribution < -0.4 is 5.43 Å². The summed E-state index contributed by atoms with van der Waals surface area (Å²) in [7, 11) is 1.20. The summed E-state index contributed by atoms with van der Waals surface area (Å²) in [5.74, 6) is -0.760. The van der Waals surface area contributed by atoms with Crippen LogP contribution in [-0.4, -0.2) is 22.9 Å². The summed E-state index contributed by atoms with van der Waals surface area (Å²) in [6, 6.07) is 6.93. The molecule has 1 aromatic heterocycles. The fraction of sp³-hybridized carbons (Fsp3) is 0.154. The van der Waals surface area contributed by atoms with Gasteiger partial charge in [0.15, 0.2) is 0 Å². The van der Waals surface area contributed by atoms with Gasteiger partial charge in [-0.15, -0.1) is 0 Å². The largest absolute Gasteiger partial charge is 0.464 e. The van der Waals surface area contributed by atoms with Gasteiger partial charge in [-0.25, -0.2) is 9.48 Å². The molecule has 2 rings (SSSR count). The molecule has 19 heavy (non-hydrogen) atoms. The van der Waals surface area contributed by atoms with Crippen LogP contribution >= 0.6 is 11.6 Å². The predicted octanol–water partition coefficient (Wildman–Crippen LogP) is 1.98. The highest BCUT2D eigenvalue weighted by Crippen LogP contribution is 2.14. The molecule has 0 bridgehead atoms. The van der Waals surface area contributed by atoms with Crippen molar-refractivity contribution in [3.63, 3.8) is 0 Å². The summed E-state index contributed by atoms with van der Waals surface area (Å²) in [6.45, 7) is 1.61. The summed E-state index contributed by atoms with van der Waals surface area (Å²) >= 11 is 5.90. The number of esters is 1. The van der Waals surface area contributed by atoms with Gasteiger partial charge in [-0.05, 0) is 25.1 Å². The van der Waals surface area contributed by atoms with E-state index >= 15 is 0 Å². The summed E-state index contributed by atoms with van der Waals surface area (Å²) in [6.07, 6.45) is 1.54. The molecule has 0 amide bonds. The van der Waals surface area contributed by atoms with Gasteiger partial charge < -0.3 is 4.74 Å². The minimum absolute atomic E-state index is 0.248. The van der Waals surface area contributed by atoms with Gasteiger partial charge in [-0.2, -0.15) is 5.10 Å². The molecule has 0 aliphatic heterocycles. The van der Waals surface area contributed by atoms with Crippen molar-refractivity contribution in [1.82, 2.24) is 9.78 Å². The molecule has 0 N–H and O–H groups in total. The van der Waals surface area contributed by atoms with Crippen LogP contribution in [0.1, 0.15) is 16.1 Å². The molecule has 0 saturated heterocycles. The number of aryl methyl sites for hydroxylation is 1. The second-order valence-corrected chi connectivity index (χ2v) is 4.34. The number of methoxy groups -OCH3 is 1. The minimum atomic E-state index is -0.760. The maximum Gasteiger partial charge on any atom is 0.362 e. The van der Waals surface area contributed by atoms with Crippen molar-refractivity contribution in [1.29, 1.82) is 0 Å². The van der Waals surface area contributed by atoms with Gasteiger partial charge in [-0.1, -0.05) is 17.7 Å². The Labute approximate surface area is 114 Å². The first-order valence-corrected chi connectivity index (χ1v) is 5.85. The predicted molar refractivity (Wildman–Crippen MR) is 70.9 cm³/mol. The monoisotopic (exact) mass is 278 g/mol. The van der Waals surface area contributed by atoms with Crippen LogP contribution in [0.15, 0.2) is 35.3 Å². The quantitative estimate of drug-likeness (QED) is 0.788. The van der Waals surface area contributed by atoms with Crippen LogP contribution in [0.25, 0.3) is 5.69 Å². The van der Waals surface area contributed by atoms with E-state index in [9.17, 15) is 9.59 Å². The maximum atomic E-state index is 11.8. The van der Waals surface area contributed by atoms with E-state index in [2.05, 4.69) is 9.84 Å². The highest BCUT2D eigenvalue weighted by atomic mass is 35.5. The molecule has 0 aliphatic rings. The molecular formula is C13H11ClN2O3. The molecule has 5 nitrogen and oxygen atoms in total. The van der Waals surface area contributed by atoms with Gasteiger partial charge in [0.25, 0.3) is 0 Å². The van der Waals surface area contributed by atoms with Gasteiger partial charge in [0.1, 0.15) is 0 Å². The number of halogens is 1. The maximum absolute atomic E-state index is 11.8. The van der Waals surface area contributed by atoms with Crippen LogP contribution in [0, 0.1) is 6.92 Å². The Hall–Kier alpha value is -2.14. The standard InChI is InChI=1S/C13H11ClN2O3/c1-8-7-16(10-5-3-4-9(14)6-10)15-11(12(8)17)13(18)19-2/h3-7H,1-2H3. The third-order valence-corrected chi connectivity index (χ3v) is 2.78. The van der Waals surface area contributed by atoms with Gasteiger partial charge >= 0.3 is 5.97 Å². The number of benzene rings is 1. The molecule has 1 heterocycles. The second kappa shape index (κ2) is 5.24. The Kier molecular flexibility index (Phi) is 3.66. The SMILES string of the molecule is COC(=O)c1nn(-c2cccc(Cl)c2)cc(C)c1=O. The van der Waals surface area contributed by atoms with E-state index < -0.39 is 11.4 Å². The van der Waals surface area contributed by atoms with Crippen LogP contribution in [0.3, 0.4) is 0 Å². The van der Waals surface area contributed by atoms with E-state index in [0.717, 1.165) is 0 Å². The molecule has 0 fully saturated rings. The number of rotatable bonds is 2. The summed E-state index contributed by atoms with van der Waals surface area (Å²) in [5.41, 5.74) is 0.365. The number of aromatic nitrogens is 2. The molecule has 0 spiro atoms. The molecular weight excluding hydrogens is 268 g/mol. The molecule has 1 aromatic carbocycles. The average Bonchev–Trinajstić information content (AvgIpc) is 2.40. The highest BCUT2D eigenvalue weighted by molar-refractivity contribution is 6.30. The Morgan fingerprint density at radius 1 is 1.42 bits per heavy atom. The van der Waals surface area contributed by atoms with Gasteiger partial charge in [-0.3, -0.25) is 4.79 Å². The van der Waals surface area contributed by atoms with Crippen molar-refractivity contribution in [2.45, 2.75) is 6.92 Å². The molecule has 98 valence electrons. The number of ether oxygens (including phenoxy) is 1. The number of carbonyl (C=O) groups excluding carboxylic acids is 1. The summed E-state index contributed by atoms with van der Waals surface area (Å²) in [5, 5.41) is 4.52. The van der Waals surface area contributed by atoms with Crippen LogP contribution in [0.5, 0.6) is 0 Å². The van der Waals surface area contributed by atoms with E-state index in [1.807, 2.05) is 0 Å². The highest BCUT2D eigenvalue weighted by Gasteiger charge is 2.16. The average molecular weight is 279 g/mol. The lowest BCUT2D eigenvalue weighted by atomic mass is 10.2. The number of carbonyl (C=O) groups is 1. The van der Waals surface area contributed by atoms with Gasteiger partial charge in [0.05, 0.1) is 12.8 Å². The lowest BCUT2D eigenvalue weighted by molar-refractivity contribution is 0.0590. The second-order valence-electron chi connectivity index (χ2n) is 3.91. The number of hydrogen-bond donors (Lipinski definition) is 0. The van der Waals surface area contributed by atoms with Crippen molar-refractivity contribution >= 4 is 17.6 Å². The van der Waals surface area contributed by atoms with E-state index in [-0.39, 0.29) is 5.69 Å². The van der Waals surface area contributed by atoms with Crippen molar-refractivity contribution < 1.29 is 9.53 Å². The normalized spacial score (nSPS) is 10.3. The Morgan fingerprint density at radius 2 is 2.16 bits per heavy atom. The molecule has 0 atom stereocenters. The van der Waals surface area contributed by atoms with E-state index in [1.165, 1.54) is 11.8 Å². The molecule has 0 saturated carbocycles.